The lowest BCUT2D eigenvalue weighted by atomic mass is 10.1. The second-order valence-corrected chi connectivity index (χ2v) is 6.81. The first-order valence-electron chi connectivity index (χ1n) is 8.85. The van der Waals surface area contributed by atoms with Gasteiger partial charge in [0.15, 0.2) is 0 Å². The molecular formula is C19H24Cl2N4O. The third kappa shape index (κ3) is 5.85. The van der Waals surface area contributed by atoms with Gasteiger partial charge in [-0.15, -0.1) is 0 Å². The van der Waals surface area contributed by atoms with Gasteiger partial charge in [0, 0.05) is 35.9 Å². The van der Waals surface area contributed by atoms with Crippen LogP contribution < -0.4 is 5.32 Å². The number of anilines is 1. The molecule has 0 aliphatic heterocycles. The molecule has 0 spiro atoms. The normalized spacial score (nSPS) is 10.6. The zero-order valence-corrected chi connectivity index (χ0v) is 16.6. The van der Waals surface area contributed by atoms with Crippen LogP contribution in [0.1, 0.15) is 42.7 Å². The molecule has 5 nitrogen and oxygen atoms in total. The molecule has 0 bridgehead atoms. The Hall–Kier alpha value is -1.85. The van der Waals surface area contributed by atoms with Crippen LogP contribution in [0.15, 0.2) is 30.5 Å². The standard InChI is InChI=1S/C19H24Cl2N4O/c1-3-11-25(12-4-2)18(26)17-8-10-23-19(24-17)22-9-7-14-5-6-15(20)13-16(14)21/h5-6,8,10,13H,3-4,7,9,11-12H2,1-2H3,(H,22,23,24). The summed E-state index contributed by atoms with van der Waals surface area (Å²) in [5.41, 5.74) is 1.40. The van der Waals surface area contributed by atoms with Crippen molar-refractivity contribution in [3.8, 4) is 0 Å². The summed E-state index contributed by atoms with van der Waals surface area (Å²) in [5.74, 6) is 0.383. The molecule has 1 aromatic heterocycles. The van der Waals surface area contributed by atoms with Gasteiger partial charge in [-0.25, -0.2) is 9.97 Å². The molecule has 0 fully saturated rings. The number of carbonyl (C=O) groups is 1. The molecule has 140 valence electrons. The molecular weight excluding hydrogens is 371 g/mol. The zero-order chi connectivity index (χ0) is 18.9. The summed E-state index contributed by atoms with van der Waals surface area (Å²) < 4.78 is 0. The van der Waals surface area contributed by atoms with E-state index in [1.165, 1.54) is 0 Å². The number of aromatic nitrogens is 2. The van der Waals surface area contributed by atoms with Crippen LogP contribution in [0.3, 0.4) is 0 Å². The van der Waals surface area contributed by atoms with Crippen LogP contribution in [-0.4, -0.2) is 40.4 Å². The number of benzene rings is 1. The van der Waals surface area contributed by atoms with Crippen molar-refractivity contribution in [2.45, 2.75) is 33.1 Å². The number of nitrogens with zero attached hydrogens (tertiary/aromatic N) is 3. The molecule has 0 saturated carbocycles. The van der Waals surface area contributed by atoms with E-state index < -0.39 is 0 Å². The maximum Gasteiger partial charge on any atom is 0.272 e. The molecule has 1 aromatic carbocycles. The van der Waals surface area contributed by atoms with Crippen molar-refractivity contribution in [2.24, 2.45) is 0 Å². The Bertz CT molecular complexity index is 733. The predicted molar refractivity (Wildman–Crippen MR) is 107 cm³/mol. The number of carbonyl (C=O) groups excluding carboxylic acids is 1. The minimum atomic E-state index is -0.0557. The Kier molecular flexibility index (Phi) is 8.13. The minimum absolute atomic E-state index is 0.0557. The van der Waals surface area contributed by atoms with Crippen molar-refractivity contribution < 1.29 is 4.79 Å². The van der Waals surface area contributed by atoms with Crippen molar-refractivity contribution in [3.63, 3.8) is 0 Å². The van der Waals surface area contributed by atoms with Gasteiger partial charge in [-0.05, 0) is 43.0 Å². The lowest BCUT2D eigenvalue weighted by Gasteiger charge is -2.21. The molecule has 26 heavy (non-hydrogen) atoms. The molecule has 1 N–H and O–H groups in total. The summed E-state index contributed by atoms with van der Waals surface area (Å²) in [5, 5.41) is 4.40. The van der Waals surface area contributed by atoms with E-state index in [2.05, 4.69) is 29.1 Å². The Balaban J connectivity index is 1.98. The van der Waals surface area contributed by atoms with E-state index in [-0.39, 0.29) is 5.91 Å². The molecule has 0 radical (unpaired) electrons. The molecule has 0 aliphatic rings. The number of amides is 1. The molecule has 0 aliphatic carbocycles. The number of nitrogens with one attached hydrogen (secondary N) is 1. The summed E-state index contributed by atoms with van der Waals surface area (Å²) in [4.78, 5) is 23.0. The Morgan fingerprint density at radius 2 is 1.88 bits per heavy atom. The summed E-state index contributed by atoms with van der Waals surface area (Å²) in [6.45, 7) is 6.19. The first kappa shape index (κ1) is 20.5. The molecule has 0 saturated heterocycles. The number of halogens is 2. The third-order valence-corrected chi connectivity index (χ3v) is 4.43. The Morgan fingerprint density at radius 1 is 1.15 bits per heavy atom. The topological polar surface area (TPSA) is 58.1 Å². The van der Waals surface area contributed by atoms with Crippen LogP contribution in [-0.2, 0) is 6.42 Å². The molecule has 1 heterocycles. The van der Waals surface area contributed by atoms with Gasteiger partial charge in [-0.1, -0.05) is 43.1 Å². The van der Waals surface area contributed by atoms with E-state index in [1.54, 1.807) is 18.3 Å². The first-order chi connectivity index (χ1) is 12.5. The van der Waals surface area contributed by atoms with Crippen LogP contribution >= 0.6 is 23.2 Å². The van der Waals surface area contributed by atoms with E-state index in [4.69, 9.17) is 23.2 Å². The van der Waals surface area contributed by atoms with Gasteiger partial charge in [0.25, 0.3) is 5.91 Å². The smallest absolute Gasteiger partial charge is 0.272 e. The van der Waals surface area contributed by atoms with Crippen LogP contribution in [0.25, 0.3) is 0 Å². The van der Waals surface area contributed by atoms with Crippen LogP contribution in [0.2, 0.25) is 10.0 Å². The molecule has 0 unspecified atom stereocenters. The maximum atomic E-state index is 12.6. The summed E-state index contributed by atoms with van der Waals surface area (Å²) in [6.07, 6.45) is 4.15. The van der Waals surface area contributed by atoms with Crippen molar-refractivity contribution in [1.82, 2.24) is 14.9 Å². The van der Waals surface area contributed by atoms with Gasteiger partial charge in [0.05, 0.1) is 0 Å². The number of hydrogen-bond acceptors (Lipinski definition) is 4. The lowest BCUT2D eigenvalue weighted by Crippen LogP contribution is -2.33. The Labute approximate surface area is 164 Å². The van der Waals surface area contributed by atoms with Gasteiger partial charge >= 0.3 is 0 Å². The molecule has 1 amide bonds. The SMILES string of the molecule is CCCN(CCC)C(=O)c1ccnc(NCCc2ccc(Cl)cc2Cl)n1. The fourth-order valence-electron chi connectivity index (χ4n) is 2.61. The number of rotatable bonds is 9. The van der Waals surface area contributed by atoms with Gasteiger partial charge in [0.1, 0.15) is 5.69 Å². The molecule has 2 aromatic rings. The largest absolute Gasteiger partial charge is 0.354 e. The summed E-state index contributed by atoms with van der Waals surface area (Å²) in [6, 6.07) is 7.10. The number of hydrogen-bond donors (Lipinski definition) is 1. The Morgan fingerprint density at radius 3 is 2.54 bits per heavy atom. The summed E-state index contributed by atoms with van der Waals surface area (Å²) >= 11 is 12.1. The highest BCUT2D eigenvalue weighted by molar-refractivity contribution is 6.35. The van der Waals surface area contributed by atoms with Gasteiger partial charge in [-0.3, -0.25) is 4.79 Å². The summed E-state index contributed by atoms with van der Waals surface area (Å²) in [7, 11) is 0. The average molecular weight is 395 g/mol. The zero-order valence-electron chi connectivity index (χ0n) is 15.1. The lowest BCUT2D eigenvalue weighted by molar-refractivity contribution is 0.0749. The monoisotopic (exact) mass is 394 g/mol. The highest BCUT2D eigenvalue weighted by Gasteiger charge is 2.16. The van der Waals surface area contributed by atoms with E-state index in [0.717, 1.165) is 31.5 Å². The highest BCUT2D eigenvalue weighted by Crippen LogP contribution is 2.21. The van der Waals surface area contributed by atoms with Crippen molar-refractivity contribution >= 4 is 35.1 Å². The van der Waals surface area contributed by atoms with Crippen molar-refractivity contribution in [2.75, 3.05) is 25.0 Å². The molecule has 2 rings (SSSR count). The fourth-order valence-corrected chi connectivity index (χ4v) is 3.12. The minimum Gasteiger partial charge on any atom is -0.354 e. The van der Waals surface area contributed by atoms with Crippen molar-refractivity contribution in [3.05, 3.63) is 51.8 Å². The van der Waals surface area contributed by atoms with E-state index in [1.807, 2.05) is 17.0 Å². The third-order valence-electron chi connectivity index (χ3n) is 3.84. The first-order valence-corrected chi connectivity index (χ1v) is 9.60. The quantitative estimate of drug-likeness (QED) is 0.669. The van der Waals surface area contributed by atoms with E-state index in [0.29, 0.717) is 34.7 Å². The van der Waals surface area contributed by atoms with Crippen molar-refractivity contribution in [1.29, 1.82) is 0 Å². The highest BCUT2D eigenvalue weighted by atomic mass is 35.5. The van der Waals surface area contributed by atoms with Crippen LogP contribution in [0, 0.1) is 0 Å². The second-order valence-electron chi connectivity index (χ2n) is 5.97. The molecule has 7 heteroatoms. The second kappa shape index (κ2) is 10.3. The van der Waals surface area contributed by atoms with E-state index >= 15 is 0 Å². The maximum absolute atomic E-state index is 12.6. The average Bonchev–Trinajstić information content (AvgIpc) is 2.63. The predicted octanol–water partition coefficient (Wildman–Crippen LogP) is 4.70. The molecule has 0 atom stereocenters. The fraction of sp³-hybridized carbons (Fsp3) is 0.421. The van der Waals surface area contributed by atoms with Crippen LogP contribution in [0.4, 0.5) is 5.95 Å². The van der Waals surface area contributed by atoms with Crippen LogP contribution in [0.5, 0.6) is 0 Å². The van der Waals surface area contributed by atoms with Gasteiger partial charge in [0.2, 0.25) is 5.95 Å². The van der Waals surface area contributed by atoms with Gasteiger partial charge < -0.3 is 10.2 Å². The van der Waals surface area contributed by atoms with Gasteiger partial charge in [-0.2, -0.15) is 0 Å². The van der Waals surface area contributed by atoms with E-state index in [9.17, 15) is 4.79 Å².